The van der Waals surface area contributed by atoms with Crippen LogP contribution in [0.5, 0.6) is 11.5 Å². The van der Waals surface area contributed by atoms with Gasteiger partial charge in [-0.15, -0.1) is 28.2 Å². The lowest BCUT2D eigenvalue weighted by Crippen LogP contribution is -2.72. The summed E-state index contributed by atoms with van der Waals surface area (Å²) in [6, 6.07) is 2.84. The number of amides is 2. The van der Waals surface area contributed by atoms with E-state index in [4.69, 9.17) is 5.73 Å². The molecule has 3 aromatic rings. The molecule has 2 atom stereocenters. The topological polar surface area (TPSA) is 218 Å². The van der Waals surface area contributed by atoms with Gasteiger partial charge in [-0.2, -0.15) is 0 Å². The summed E-state index contributed by atoms with van der Waals surface area (Å²) in [7, 11) is 0. The molecule has 0 unspecified atom stereocenters. The van der Waals surface area contributed by atoms with Gasteiger partial charge in [0.25, 0.3) is 11.8 Å². The lowest BCUT2D eigenvalue weighted by molar-refractivity contribution is -0.149. The summed E-state index contributed by atoms with van der Waals surface area (Å²) >= 11 is 2.23. The molecule has 0 radical (unpaired) electrons. The molecule has 0 aliphatic carbocycles. The number of aliphatic carboxylic acids is 1. The number of β-lactam (4-membered cyclic amide) rings is 1. The molecule has 2 aliphatic rings. The van der Waals surface area contributed by atoms with Crippen LogP contribution in [0.25, 0.3) is 11.4 Å². The molecule has 37 heavy (non-hydrogen) atoms. The van der Waals surface area contributed by atoms with E-state index in [1.54, 1.807) is 0 Å². The molecular weight excluding hydrogens is 528 g/mol. The van der Waals surface area contributed by atoms with Gasteiger partial charge in [0.2, 0.25) is 6.29 Å². The van der Waals surface area contributed by atoms with Gasteiger partial charge in [0.1, 0.15) is 22.9 Å². The molecule has 15 nitrogen and oxygen atoms in total. The number of nitrogens with zero attached hydrogens (tertiary/aromatic N) is 7. The van der Waals surface area contributed by atoms with Crippen LogP contribution in [0.2, 0.25) is 0 Å². The van der Waals surface area contributed by atoms with Crippen LogP contribution in [-0.4, -0.2) is 86.6 Å². The van der Waals surface area contributed by atoms with E-state index in [1.807, 2.05) is 0 Å². The van der Waals surface area contributed by atoms with E-state index >= 15 is 0 Å². The van der Waals surface area contributed by atoms with Gasteiger partial charge in [-0.1, -0.05) is 0 Å². The van der Waals surface area contributed by atoms with Gasteiger partial charge < -0.3 is 21.1 Å². The highest BCUT2D eigenvalue weighted by Crippen LogP contribution is 2.44. The zero-order chi connectivity index (χ0) is 26.4. The summed E-state index contributed by atoms with van der Waals surface area (Å²) in [5.74, 6) is -3.43. The minimum atomic E-state index is -1.37. The first kappa shape index (κ1) is 24.2. The van der Waals surface area contributed by atoms with Crippen LogP contribution >= 0.6 is 23.1 Å². The van der Waals surface area contributed by atoms with Crippen molar-refractivity contribution in [1.82, 2.24) is 30.1 Å². The average molecular weight is 545 g/mol. The van der Waals surface area contributed by atoms with Gasteiger partial charge >= 0.3 is 5.97 Å². The molecule has 2 aromatic heterocycles. The maximum Gasteiger partial charge on any atom is 0.352 e. The van der Waals surface area contributed by atoms with Crippen molar-refractivity contribution in [3.63, 3.8) is 0 Å². The number of aldehydes is 1. The van der Waals surface area contributed by atoms with E-state index in [9.17, 15) is 34.5 Å². The Morgan fingerprint density at radius 2 is 2.05 bits per heavy atom. The van der Waals surface area contributed by atoms with Crippen molar-refractivity contribution < 1.29 is 34.5 Å². The molecular formula is C20H16N8O7S2. The Bertz CT molecular complexity index is 1480. The van der Waals surface area contributed by atoms with Gasteiger partial charge in [-0.25, -0.2) is 14.5 Å². The first-order valence-corrected chi connectivity index (χ1v) is 12.3. The van der Waals surface area contributed by atoms with Crippen LogP contribution < -0.4 is 10.6 Å². The number of nitrogens with two attached hydrogens (primary N) is 1. The highest BCUT2D eigenvalue weighted by Gasteiger charge is 2.57. The van der Waals surface area contributed by atoms with Crippen LogP contribution in [-0.2, 0) is 25.7 Å². The van der Waals surface area contributed by atoms with Gasteiger partial charge in [-0.3, -0.25) is 24.2 Å². The summed E-state index contributed by atoms with van der Waals surface area (Å²) in [4.78, 5) is 55.2. The number of phenols is 2. The number of carboxylic acid groups (broad SMARTS) is 1. The fourth-order valence-corrected chi connectivity index (χ4v) is 6.01. The number of tetrazole rings is 1. The third kappa shape index (κ3) is 4.02. The standard InChI is InChI=1S/C20H16N8O7S2/c21-20-22-12(7-37-20)27(13(32)5-29)15-17(33)28-14(19(34)35)9(6-36-18(15)28)4-26-16(23-24-25-26)8-1-2-10(30)11(31)3-8/h1-3,5,7,15,18,30-31H,4,6H2,(H2,21,22)(H,34,35)/t15-,18-/m1/s1. The Kier molecular flexibility index (Phi) is 6.00. The number of carbonyl (C=O) groups is 4. The summed E-state index contributed by atoms with van der Waals surface area (Å²) < 4.78 is 1.30. The largest absolute Gasteiger partial charge is 0.504 e. The molecule has 0 saturated carbocycles. The van der Waals surface area contributed by atoms with E-state index in [2.05, 4.69) is 20.5 Å². The van der Waals surface area contributed by atoms with Crippen molar-refractivity contribution in [3.05, 3.63) is 34.8 Å². The smallest absolute Gasteiger partial charge is 0.352 e. The summed E-state index contributed by atoms with van der Waals surface area (Å²) in [6.45, 7) is -0.0978. The Labute approximate surface area is 214 Å². The Morgan fingerprint density at radius 1 is 1.27 bits per heavy atom. The molecule has 4 heterocycles. The Hall–Kier alpha value is -4.51. The minimum absolute atomic E-state index is 0.0281. The fraction of sp³-hybridized carbons (Fsp3) is 0.200. The molecule has 2 amide bonds. The zero-order valence-electron chi connectivity index (χ0n) is 18.5. The monoisotopic (exact) mass is 544 g/mol. The van der Waals surface area contributed by atoms with E-state index in [0.717, 1.165) is 21.1 Å². The molecule has 1 saturated heterocycles. The number of benzene rings is 1. The van der Waals surface area contributed by atoms with Gasteiger partial charge in [0.15, 0.2) is 22.5 Å². The molecule has 1 fully saturated rings. The second kappa shape index (κ2) is 9.17. The van der Waals surface area contributed by atoms with Crippen LogP contribution in [0.3, 0.4) is 0 Å². The normalized spacial score (nSPS) is 18.8. The number of thiazole rings is 1. The van der Waals surface area contributed by atoms with Crippen LogP contribution in [0.15, 0.2) is 34.8 Å². The predicted octanol–water partition coefficient (Wildman–Crippen LogP) is -0.355. The minimum Gasteiger partial charge on any atom is -0.504 e. The first-order valence-electron chi connectivity index (χ1n) is 10.4. The number of anilines is 2. The van der Waals surface area contributed by atoms with Gasteiger partial charge in [0.05, 0.1) is 6.54 Å². The van der Waals surface area contributed by atoms with Crippen molar-refractivity contribution in [3.8, 4) is 22.9 Å². The fourth-order valence-electron chi connectivity index (χ4n) is 4.09. The van der Waals surface area contributed by atoms with Gasteiger partial charge in [0, 0.05) is 16.7 Å². The van der Waals surface area contributed by atoms with Crippen molar-refractivity contribution in [1.29, 1.82) is 0 Å². The number of fused-ring (bicyclic) bond motifs is 1. The summed E-state index contributed by atoms with van der Waals surface area (Å²) in [5, 5.41) is 41.6. The second-order valence-corrected chi connectivity index (χ2v) is 9.84. The highest BCUT2D eigenvalue weighted by atomic mass is 32.2. The lowest BCUT2D eigenvalue weighted by Gasteiger charge is -2.52. The summed E-state index contributed by atoms with van der Waals surface area (Å²) in [5.41, 5.74) is 6.06. The molecule has 2 aliphatic heterocycles. The lowest BCUT2D eigenvalue weighted by atomic mass is 10.0. The molecule has 5 rings (SSSR count). The van der Waals surface area contributed by atoms with Crippen LogP contribution in [0.1, 0.15) is 0 Å². The number of phenolic OH excluding ortho intramolecular Hbond substituents is 2. The van der Waals surface area contributed by atoms with E-state index in [0.29, 0.717) is 11.1 Å². The number of carboxylic acids is 1. The predicted molar refractivity (Wildman–Crippen MR) is 128 cm³/mol. The van der Waals surface area contributed by atoms with Crippen LogP contribution in [0.4, 0.5) is 10.9 Å². The number of aromatic nitrogens is 5. The first-order chi connectivity index (χ1) is 17.7. The third-order valence-corrected chi connectivity index (χ3v) is 7.69. The number of rotatable bonds is 7. The highest BCUT2D eigenvalue weighted by molar-refractivity contribution is 8.00. The number of aromatic hydroxyl groups is 2. The van der Waals surface area contributed by atoms with E-state index in [1.165, 1.54) is 40.0 Å². The number of hydrogen-bond donors (Lipinski definition) is 4. The third-order valence-electron chi connectivity index (χ3n) is 5.70. The average Bonchev–Trinajstić information content (AvgIpc) is 3.52. The number of nitrogen functional groups attached to an aromatic ring is 1. The molecule has 5 N–H and O–H groups in total. The van der Waals surface area contributed by atoms with E-state index < -0.39 is 29.2 Å². The summed E-state index contributed by atoms with van der Waals surface area (Å²) in [6.07, 6.45) is 0.0543. The molecule has 1 aromatic carbocycles. The maximum absolute atomic E-state index is 13.2. The Balaban J connectivity index is 1.47. The van der Waals surface area contributed by atoms with Crippen molar-refractivity contribution in [2.45, 2.75) is 18.0 Å². The SMILES string of the molecule is Nc1nc(N(C(=O)C=O)[C@@H]2C(=O)N3C(C(=O)O)=C(Cn4nnnc4-c4ccc(O)c(O)c4)CS[C@H]23)cs1. The Morgan fingerprint density at radius 3 is 2.70 bits per heavy atom. The number of carbonyl (C=O) groups excluding carboxylic acids is 3. The van der Waals surface area contributed by atoms with Crippen molar-refractivity contribution >= 4 is 58.1 Å². The molecule has 0 spiro atoms. The number of hydrogen-bond acceptors (Lipinski definition) is 13. The quantitative estimate of drug-likeness (QED) is 0.129. The zero-order valence-corrected chi connectivity index (χ0v) is 20.1. The molecule has 190 valence electrons. The van der Waals surface area contributed by atoms with Crippen molar-refractivity contribution in [2.24, 2.45) is 0 Å². The van der Waals surface area contributed by atoms with E-state index in [-0.39, 0.29) is 52.6 Å². The second-order valence-electron chi connectivity index (χ2n) is 7.85. The van der Waals surface area contributed by atoms with Crippen LogP contribution in [0, 0.1) is 0 Å². The molecule has 17 heteroatoms. The van der Waals surface area contributed by atoms with Crippen molar-refractivity contribution in [2.75, 3.05) is 16.4 Å². The van der Waals surface area contributed by atoms with Gasteiger partial charge in [-0.05, 0) is 34.2 Å². The number of thioether (sulfide) groups is 1. The maximum atomic E-state index is 13.2. The molecule has 0 bridgehead atoms.